The zero-order valence-corrected chi connectivity index (χ0v) is 10.5. The lowest BCUT2D eigenvalue weighted by Gasteiger charge is -2.47. The number of rotatable bonds is 1. The van der Waals surface area contributed by atoms with Crippen molar-refractivity contribution in [1.82, 2.24) is 5.32 Å². The molecule has 0 aromatic heterocycles. The predicted molar refractivity (Wildman–Crippen MR) is 68.7 cm³/mol. The second-order valence-corrected chi connectivity index (χ2v) is 5.38. The van der Waals surface area contributed by atoms with E-state index in [1.807, 2.05) is 0 Å². The Hall–Kier alpha value is -1.55. The second kappa shape index (κ2) is 3.99. The van der Waals surface area contributed by atoms with E-state index in [0.717, 1.165) is 19.3 Å². The molecule has 1 aromatic rings. The summed E-state index contributed by atoms with van der Waals surface area (Å²) in [5, 5.41) is 3.54. The van der Waals surface area contributed by atoms with Crippen molar-refractivity contribution in [2.75, 3.05) is 4.90 Å². The average molecular weight is 265 g/mol. The fraction of sp³-hybridized carbons (Fsp3) is 0.385. The first-order valence-corrected chi connectivity index (χ1v) is 6.38. The van der Waals surface area contributed by atoms with Crippen molar-refractivity contribution in [3.05, 3.63) is 29.3 Å². The normalized spacial score (nSPS) is 21.7. The topological polar surface area (TPSA) is 49.4 Å². The number of hydrogen-bond donors (Lipinski definition) is 1. The van der Waals surface area contributed by atoms with E-state index < -0.39 is 0 Å². The molecule has 2 aliphatic rings. The van der Waals surface area contributed by atoms with Crippen molar-refractivity contribution in [3.63, 3.8) is 0 Å². The van der Waals surface area contributed by atoms with Gasteiger partial charge in [-0.05, 0) is 43.5 Å². The molecular weight excluding hydrogens is 252 g/mol. The molecule has 94 valence electrons. The summed E-state index contributed by atoms with van der Waals surface area (Å²) in [6.07, 6.45) is 3.27. The number of nitrogens with zero attached hydrogens (tertiary/aromatic N) is 1. The number of imide groups is 1. The van der Waals surface area contributed by atoms with Crippen LogP contribution in [-0.4, -0.2) is 17.5 Å². The average Bonchev–Trinajstić information content (AvgIpc) is 2.28. The third-order valence-electron chi connectivity index (χ3n) is 3.71. The summed E-state index contributed by atoms with van der Waals surface area (Å²) in [7, 11) is 0. The SMILES string of the molecule is O=C1CC2(CCC2)NC(=O)N1c1ccc(Cl)cc1. The van der Waals surface area contributed by atoms with Crippen LogP contribution in [0, 0.1) is 0 Å². The Kier molecular flexibility index (Phi) is 2.55. The Morgan fingerprint density at radius 2 is 1.83 bits per heavy atom. The Morgan fingerprint density at radius 3 is 2.33 bits per heavy atom. The summed E-state index contributed by atoms with van der Waals surface area (Å²) in [6.45, 7) is 0. The van der Waals surface area contributed by atoms with Crippen molar-refractivity contribution in [1.29, 1.82) is 0 Å². The van der Waals surface area contributed by atoms with E-state index in [0.29, 0.717) is 17.1 Å². The summed E-state index contributed by atoms with van der Waals surface area (Å²) >= 11 is 5.80. The van der Waals surface area contributed by atoms with Gasteiger partial charge in [-0.25, -0.2) is 9.69 Å². The van der Waals surface area contributed by atoms with Gasteiger partial charge in [-0.1, -0.05) is 11.6 Å². The minimum Gasteiger partial charge on any atom is -0.331 e. The highest BCUT2D eigenvalue weighted by atomic mass is 35.5. The lowest BCUT2D eigenvalue weighted by molar-refractivity contribution is -0.121. The van der Waals surface area contributed by atoms with E-state index in [1.165, 1.54) is 4.90 Å². The summed E-state index contributed by atoms with van der Waals surface area (Å²) in [5.74, 6) is -0.138. The molecule has 1 N–H and O–H groups in total. The molecule has 1 saturated heterocycles. The minimum atomic E-state index is -0.326. The maximum atomic E-state index is 12.1. The number of anilines is 1. The van der Waals surface area contributed by atoms with E-state index in [4.69, 9.17) is 11.6 Å². The van der Waals surface area contributed by atoms with Crippen LogP contribution in [0.4, 0.5) is 10.5 Å². The number of hydrogen-bond acceptors (Lipinski definition) is 2. The highest BCUT2D eigenvalue weighted by Crippen LogP contribution is 2.38. The first kappa shape index (κ1) is 11.5. The summed E-state index contributed by atoms with van der Waals surface area (Å²) in [6, 6.07) is 6.38. The first-order chi connectivity index (χ1) is 8.60. The number of urea groups is 1. The molecule has 0 radical (unpaired) electrons. The number of carbonyl (C=O) groups excluding carboxylic acids is 2. The zero-order chi connectivity index (χ0) is 12.8. The maximum Gasteiger partial charge on any atom is 0.329 e. The van der Waals surface area contributed by atoms with Crippen LogP contribution in [0.5, 0.6) is 0 Å². The van der Waals surface area contributed by atoms with Crippen LogP contribution >= 0.6 is 11.6 Å². The lowest BCUT2D eigenvalue weighted by atomic mass is 9.73. The summed E-state index contributed by atoms with van der Waals surface area (Å²) in [4.78, 5) is 25.4. The number of carbonyl (C=O) groups is 2. The molecule has 1 heterocycles. The van der Waals surface area contributed by atoms with E-state index in [-0.39, 0.29) is 17.5 Å². The monoisotopic (exact) mass is 264 g/mol. The molecule has 1 saturated carbocycles. The third kappa shape index (κ3) is 1.77. The quantitative estimate of drug-likeness (QED) is 0.848. The van der Waals surface area contributed by atoms with Gasteiger partial charge in [0.25, 0.3) is 0 Å². The van der Waals surface area contributed by atoms with Crippen molar-refractivity contribution >= 4 is 29.2 Å². The molecule has 4 nitrogen and oxygen atoms in total. The third-order valence-corrected chi connectivity index (χ3v) is 3.96. The van der Waals surface area contributed by atoms with Gasteiger partial charge in [0.2, 0.25) is 5.91 Å². The van der Waals surface area contributed by atoms with E-state index in [2.05, 4.69) is 5.32 Å². The molecule has 3 rings (SSSR count). The summed E-state index contributed by atoms with van der Waals surface area (Å²) in [5.41, 5.74) is 0.299. The van der Waals surface area contributed by atoms with Gasteiger partial charge < -0.3 is 5.32 Å². The van der Waals surface area contributed by atoms with Crippen LogP contribution in [0.1, 0.15) is 25.7 Å². The molecule has 1 spiro atoms. The van der Waals surface area contributed by atoms with Gasteiger partial charge in [0.15, 0.2) is 0 Å². The molecule has 1 aromatic carbocycles. The number of nitrogens with one attached hydrogen (secondary N) is 1. The molecule has 5 heteroatoms. The molecule has 0 atom stereocenters. The van der Waals surface area contributed by atoms with Crippen LogP contribution in [0.3, 0.4) is 0 Å². The lowest BCUT2D eigenvalue weighted by Crippen LogP contribution is -2.65. The van der Waals surface area contributed by atoms with Gasteiger partial charge in [-0.15, -0.1) is 0 Å². The number of amides is 3. The van der Waals surface area contributed by atoms with Gasteiger partial charge in [0.05, 0.1) is 17.6 Å². The minimum absolute atomic E-state index is 0.138. The number of halogens is 1. The van der Waals surface area contributed by atoms with Gasteiger partial charge in [0.1, 0.15) is 0 Å². The maximum absolute atomic E-state index is 12.1. The summed E-state index contributed by atoms with van der Waals surface area (Å²) < 4.78 is 0. The zero-order valence-electron chi connectivity index (χ0n) is 9.78. The van der Waals surface area contributed by atoms with E-state index >= 15 is 0 Å². The van der Waals surface area contributed by atoms with Crippen LogP contribution < -0.4 is 10.2 Å². The molecule has 0 bridgehead atoms. The molecule has 1 aliphatic heterocycles. The molecule has 2 fully saturated rings. The van der Waals surface area contributed by atoms with Gasteiger partial charge in [-0.2, -0.15) is 0 Å². The fourth-order valence-electron chi connectivity index (χ4n) is 2.57. The highest BCUT2D eigenvalue weighted by molar-refractivity contribution is 6.30. The largest absolute Gasteiger partial charge is 0.331 e. The second-order valence-electron chi connectivity index (χ2n) is 4.95. The van der Waals surface area contributed by atoms with E-state index in [1.54, 1.807) is 24.3 Å². The standard InChI is InChI=1S/C13H13ClN2O2/c14-9-2-4-10(5-3-9)16-11(17)8-13(6-1-7-13)15-12(16)18/h2-5H,1,6-8H2,(H,15,18). The van der Waals surface area contributed by atoms with Gasteiger partial charge in [0, 0.05) is 5.02 Å². The van der Waals surface area contributed by atoms with Gasteiger partial charge >= 0.3 is 6.03 Å². The van der Waals surface area contributed by atoms with Crippen LogP contribution in [-0.2, 0) is 4.79 Å². The fourth-order valence-corrected chi connectivity index (χ4v) is 2.69. The van der Waals surface area contributed by atoms with Crippen molar-refractivity contribution in [2.45, 2.75) is 31.2 Å². The highest BCUT2D eigenvalue weighted by Gasteiger charge is 2.47. The smallest absolute Gasteiger partial charge is 0.329 e. The first-order valence-electron chi connectivity index (χ1n) is 6.00. The van der Waals surface area contributed by atoms with E-state index in [9.17, 15) is 9.59 Å². The van der Waals surface area contributed by atoms with Crippen molar-refractivity contribution < 1.29 is 9.59 Å². The van der Waals surface area contributed by atoms with Crippen LogP contribution in [0.25, 0.3) is 0 Å². The predicted octanol–water partition coefficient (Wildman–Crippen LogP) is 2.71. The number of benzene rings is 1. The molecule has 1 aliphatic carbocycles. The molecule has 3 amide bonds. The Bertz CT molecular complexity index is 488. The Morgan fingerprint density at radius 1 is 1.17 bits per heavy atom. The Labute approximate surface area is 110 Å². The van der Waals surface area contributed by atoms with Gasteiger partial charge in [-0.3, -0.25) is 4.79 Å². The van der Waals surface area contributed by atoms with Crippen molar-refractivity contribution in [3.8, 4) is 0 Å². The van der Waals surface area contributed by atoms with Crippen molar-refractivity contribution in [2.24, 2.45) is 0 Å². The van der Waals surface area contributed by atoms with Crippen LogP contribution in [0.15, 0.2) is 24.3 Å². The molecule has 0 unspecified atom stereocenters. The Balaban J connectivity index is 1.87. The molecular formula is C13H13ClN2O2. The molecule has 18 heavy (non-hydrogen) atoms. The van der Waals surface area contributed by atoms with Crippen LogP contribution in [0.2, 0.25) is 5.02 Å².